The first-order chi connectivity index (χ1) is 13.1. The van der Waals surface area contributed by atoms with Crippen molar-refractivity contribution in [3.05, 3.63) is 41.4 Å². The third-order valence-electron chi connectivity index (χ3n) is 5.04. The van der Waals surface area contributed by atoms with Crippen molar-refractivity contribution >= 4 is 23.5 Å². The van der Waals surface area contributed by atoms with E-state index in [2.05, 4.69) is 15.6 Å². The third-order valence-corrected chi connectivity index (χ3v) is 5.98. The van der Waals surface area contributed by atoms with Crippen LogP contribution in [0.2, 0.25) is 0 Å². The summed E-state index contributed by atoms with van der Waals surface area (Å²) >= 11 is 1.57. The molecule has 1 spiro atoms. The lowest BCUT2D eigenvalue weighted by molar-refractivity contribution is 0.0453. The fourth-order valence-corrected chi connectivity index (χ4v) is 4.36. The van der Waals surface area contributed by atoms with Crippen LogP contribution in [-0.2, 0) is 11.3 Å². The highest BCUT2D eigenvalue weighted by Crippen LogP contribution is 2.29. The average Bonchev–Trinajstić information content (AvgIpc) is 3.24. The molecule has 1 aromatic carbocycles. The molecule has 7 nitrogen and oxygen atoms in total. The minimum absolute atomic E-state index is 0.0985. The summed E-state index contributed by atoms with van der Waals surface area (Å²) < 4.78 is 5.45. The molecule has 0 unspecified atom stereocenters. The molecule has 3 heterocycles. The van der Waals surface area contributed by atoms with Crippen LogP contribution in [0.4, 0.5) is 9.59 Å². The van der Waals surface area contributed by atoms with Gasteiger partial charge in [0.25, 0.3) is 0 Å². The van der Waals surface area contributed by atoms with E-state index in [0.29, 0.717) is 32.6 Å². The van der Waals surface area contributed by atoms with E-state index in [9.17, 15) is 9.59 Å². The summed E-state index contributed by atoms with van der Waals surface area (Å²) in [5, 5.41) is 8.61. The van der Waals surface area contributed by atoms with Crippen molar-refractivity contribution in [2.75, 3.05) is 19.6 Å². The maximum absolute atomic E-state index is 12.5. The third kappa shape index (κ3) is 4.05. The topological polar surface area (TPSA) is 83.6 Å². The van der Waals surface area contributed by atoms with Crippen LogP contribution >= 0.6 is 11.3 Å². The second-order valence-corrected chi connectivity index (χ2v) is 7.79. The molecule has 2 aromatic rings. The predicted octanol–water partition coefficient (Wildman–Crippen LogP) is 2.98. The van der Waals surface area contributed by atoms with Crippen molar-refractivity contribution in [1.29, 1.82) is 0 Å². The Labute approximate surface area is 161 Å². The molecule has 27 heavy (non-hydrogen) atoms. The SMILES string of the molecule is O=C1NC[C@]2(CCCN(C(=O)NCc3csc(-c4ccccc4)n3)CC2)O1. The zero-order chi connectivity index (χ0) is 18.7. The van der Waals surface area contributed by atoms with Gasteiger partial charge in [-0.3, -0.25) is 0 Å². The van der Waals surface area contributed by atoms with E-state index in [-0.39, 0.29) is 12.1 Å². The lowest BCUT2D eigenvalue weighted by atomic mass is 9.95. The molecule has 2 aliphatic heterocycles. The van der Waals surface area contributed by atoms with Gasteiger partial charge in [-0.2, -0.15) is 0 Å². The number of amides is 3. The van der Waals surface area contributed by atoms with Gasteiger partial charge in [-0.15, -0.1) is 11.3 Å². The minimum atomic E-state index is -0.453. The molecule has 8 heteroatoms. The van der Waals surface area contributed by atoms with Gasteiger partial charge < -0.3 is 20.3 Å². The van der Waals surface area contributed by atoms with Crippen LogP contribution in [0.3, 0.4) is 0 Å². The summed E-state index contributed by atoms with van der Waals surface area (Å²) in [6, 6.07) is 9.91. The van der Waals surface area contributed by atoms with Crippen LogP contribution in [-0.4, -0.2) is 47.2 Å². The van der Waals surface area contributed by atoms with Crippen molar-refractivity contribution in [1.82, 2.24) is 20.5 Å². The van der Waals surface area contributed by atoms with Gasteiger partial charge in [0.1, 0.15) is 10.6 Å². The molecule has 1 aromatic heterocycles. The Morgan fingerprint density at radius 3 is 2.93 bits per heavy atom. The van der Waals surface area contributed by atoms with Crippen LogP contribution in [0.25, 0.3) is 10.6 Å². The number of aromatic nitrogens is 1. The second-order valence-electron chi connectivity index (χ2n) is 6.94. The predicted molar refractivity (Wildman–Crippen MR) is 102 cm³/mol. The lowest BCUT2D eigenvalue weighted by Crippen LogP contribution is -2.41. The summed E-state index contributed by atoms with van der Waals surface area (Å²) in [5.41, 5.74) is 1.48. The first kappa shape index (κ1) is 17.8. The Bertz CT molecular complexity index is 825. The maximum atomic E-state index is 12.5. The van der Waals surface area contributed by atoms with Crippen molar-refractivity contribution in [2.45, 2.75) is 31.4 Å². The first-order valence-corrected chi connectivity index (χ1v) is 10.0. The number of hydrogen-bond donors (Lipinski definition) is 2. The molecule has 2 fully saturated rings. The summed E-state index contributed by atoms with van der Waals surface area (Å²) in [6.07, 6.45) is 1.90. The van der Waals surface area contributed by atoms with E-state index in [1.165, 1.54) is 0 Å². The Hall–Kier alpha value is -2.61. The van der Waals surface area contributed by atoms with Gasteiger partial charge in [0, 0.05) is 30.5 Å². The van der Waals surface area contributed by atoms with Crippen molar-refractivity contribution < 1.29 is 14.3 Å². The number of rotatable bonds is 3. The van der Waals surface area contributed by atoms with E-state index in [1.54, 1.807) is 16.2 Å². The van der Waals surface area contributed by atoms with Crippen LogP contribution in [0.15, 0.2) is 35.7 Å². The van der Waals surface area contributed by atoms with E-state index in [0.717, 1.165) is 29.1 Å². The quantitative estimate of drug-likeness (QED) is 0.849. The summed E-state index contributed by atoms with van der Waals surface area (Å²) in [6.45, 7) is 2.17. The number of benzene rings is 1. The number of likely N-dealkylation sites (tertiary alicyclic amines) is 1. The number of thiazole rings is 1. The Morgan fingerprint density at radius 1 is 1.30 bits per heavy atom. The highest BCUT2D eigenvalue weighted by Gasteiger charge is 2.41. The van der Waals surface area contributed by atoms with E-state index in [1.807, 2.05) is 35.7 Å². The van der Waals surface area contributed by atoms with Crippen molar-refractivity contribution in [3.63, 3.8) is 0 Å². The van der Waals surface area contributed by atoms with E-state index in [4.69, 9.17) is 4.74 Å². The highest BCUT2D eigenvalue weighted by molar-refractivity contribution is 7.13. The molecule has 3 amide bonds. The smallest absolute Gasteiger partial charge is 0.407 e. The zero-order valence-electron chi connectivity index (χ0n) is 14.9. The zero-order valence-corrected chi connectivity index (χ0v) is 15.8. The molecule has 1 atom stereocenters. The van der Waals surface area contributed by atoms with Crippen LogP contribution in [0.1, 0.15) is 25.0 Å². The Balaban J connectivity index is 1.31. The van der Waals surface area contributed by atoms with E-state index < -0.39 is 5.60 Å². The molecule has 0 bridgehead atoms. The molecule has 0 aliphatic carbocycles. The number of nitrogens with zero attached hydrogens (tertiary/aromatic N) is 2. The highest BCUT2D eigenvalue weighted by atomic mass is 32.1. The van der Waals surface area contributed by atoms with Gasteiger partial charge in [0.05, 0.1) is 18.8 Å². The summed E-state index contributed by atoms with van der Waals surface area (Å²) in [7, 11) is 0. The van der Waals surface area contributed by atoms with Gasteiger partial charge in [-0.05, 0) is 12.8 Å². The largest absolute Gasteiger partial charge is 0.441 e. The van der Waals surface area contributed by atoms with Gasteiger partial charge in [0.15, 0.2) is 0 Å². The summed E-state index contributed by atoms with van der Waals surface area (Å²) in [4.78, 5) is 30.3. The number of nitrogens with one attached hydrogen (secondary N) is 2. The molecular weight excluding hydrogens is 364 g/mol. The van der Waals surface area contributed by atoms with Crippen molar-refractivity contribution in [2.24, 2.45) is 0 Å². The fraction of sp³-hybridized carbons (Fsp3) is 0.421. The van der Waals surface area contributed by atoms with Gasteiger partial charge in [-0.25, -0.2) is 14.6 Å². The van der Waals surface area contributed by atoms with E-state index >= 15 is 0 Å². The Kier molecular flexibility index (Phi) is 4.98. The number of ether oxygens (including phenoxy) is 1. The van der Waals surface area contributed by atoms with Crippen LogP contribution in [0, 0.1) is 0 Å². The molecular formula is C19H22N4O3S. The number of alkyl carbamates (subject to hydrolysis) is 1. The molecule has 142 valence electrons. The van der Waals surface area contributed by atoms with Gasteiger partial charge >= 0.3 is 12.1 Å². The normalized spacial score (nSPS) is 22.2. The number of carbonyl (C=O) groups excluding carboxylic acids is 2. The summed E-state index contributed by atoms with van der Waals surface area (Å²) in [5.74, 6) is 0. The van der Waals surface area contributed by atoms with Gasteiger partial charge in [-0.1, -0.05) is 30.3 Å². The molecule has 2 saturated heterocycles. The number of urea groups is 1. The van der Waals surface area contributed by atoms with Crippen molar-refractivity contribution in [3.8, 4) is 10.6 Å². The molecule has 4 rings (SSSR count). The minimum Gasteiger partial charge on any atom is -0.441 e. The molecule has 0 saturated carbocycles. The fourth-order valence-electron chi connectivity index (χ4n) is 3.53. The van der Waals surface area contributed by atoms with Crippen LogP contribution in [0.5, 0.6) is 0 Å². The second kappa shape index (κ2) is 7.56. The first-order valence-electron chi connectivity index (χ1n) is 9.13. The molecule has 0 radical (unpaired) electrons. The lowest BCUT2D eigenvalue weighted by Gasteiger charge is -2.25. The van der Waals surface area contributed by atoms with Crippen LogP contribution < -0.4 is 10.6 Å². The number of carbonyl (C=O) groups is 2. The maximum Gasteiger partial charge on any atom is 0.407 e. The molecule has 2 N–H and O–H groups in total. The Morgan fingerprint density at radius 2 is 2.15 bits per heavy atom. The average molecular weight is 386 g/mol. The standard InChI is InChI=1S/C19H22N4O3S/c24-17(23-9-4-7-19(8-10-23)13-21-18(25)26-19)20-11-15-12-27-16(22-15)14-5-2-1-3-6-14/h1-3,5-6,12H,4,7-11,13H2,(H,20,24)(H,21,25)/t19-/m1/s1. The molecule has 2 aliphatic rings. The van der Waals surface area contributed by atoms with Gasteiger partial charge in [0.2, 0.25) is 0 Å². The number of hydrogen-bond acceptors (Lipinski definition) is 5. The monoisotopic (exact) mass is 386 g/mol.